The van der Waals surface area contributed by atoms with Gasteiger partial charge >= 0.3 is 11.7 Å². The summed E-state index contributed by atoms with van der Waals surface area (Å²) in [5, 5.41) is 4.13. The highest BCUT2D eigenvalue weighted by atomic mass is 28.3. The van der Waals surface area contributed by atoms with Crippen molar-refractivity contribution in [1.82, 2.24) is 9.78 Å². The van der Waals surface area contributed by atoms with Gasteiger partial charge in [0.05, 0.1) is 6.61 Å². The molecule has 0 amide bonds. The van der Waals surface area contributed by atoms with Crippen molar-refractivity contribution in [3.8, 4) is 0 Å². The average molecular weight is 310 g/mol. The van der Waals surface area contributed by atoms with Crippen molar-refractivity contribution in [2.45, 2.75) is 39.3 Å². The topological polar surface area (TPSA) is 89.8 Å². The number of hydrogen-bond donors (Lipinski definition) is 0. The third-order valence-electron chi connectivity index (χ3n) is 2.67. The van der Waals surface area contributed by atoms with Gasteiger partial charge < -0.3 is 15.0 Å². The Bertz CT molecular complexity index is 530. The van der Waals surface area contributed by atoms with E-state index in [4.69, 9.17) is 15.0 Å². The van der Waals surface area contributed by atoms with Gasteiger partial charge in [0.1, 0.15) is 6.73 Å². The second-order valence-electron chi connectivity index (χ2n) is 5.76. The van der Waals surface area contributed by atoms with Crippen molar-refractivity contribution in [3.63, 3.8) is 0 Å². The monoisotopic (exact) mass is 310 g/mol. The molecule has 1 aromatic rings. The van der Waals surface area contributed by atoms with Crippen molar-refractivity contribution < 1.29 is 19.1 Å². The number of aromatic nitrogens is 2. The molecule has 1 aromatic heterocycles. The van der Waals surface area contributed by atoms with E-state index >= 15 is 0 Å². The molecule has 0 saturated carbocycles. The molecule has 8 heteroatoms. The van der Waals surface area contributed by atoms with E-state index in [1.54, 1.807) is 23.9 Å². The standard InChI is InChI=1S/C13H22N4O3Si/c1-5-20-13(18)12(15-14)11-6-7-17(16-11)10-19-8-9-21(2,3)4/h6-7H,5,8-10H2,1-4H3. The molecule has 0 aromatic carbocycles. The molecule has 0 bridgehead atoms. The van der Waals surface area contributed by atoms with Gasteiger partial charge in [-0.1, -0.05) is 19.6 Å². The smallest absolute Gasteiger partial charge is 0.426 e. The SMILES string of the molecule is CCOC(=O)C(=[N+]=[N-])c1ccn(COCC[Si](C)(C)C)n1. The first-order valence-corrected chi connectivity index (χ1v) is 10.6. The van der Waals surface area contributed by atoms with E-state index in [1.807, 2.05) is 0 Å². The van der Waals surface area contributed by atoms with Gasteiger partial charge in [-0.05, 0) is 19.0 Å². The Hall–Kier alpha value is -1.76. The molecule has 0 aliphatic rings. The van der Waals surface area contributed by atoms with Gasteiger partial charge in [0.25, 0.3) is 0 Å². The minimum atomic E-state index is -1.11. The largest absolute Gasteiger partial charge is 0.457 e. The van der Waals surface area contributed by atoms with Crippen LogP contribution in [-0.4, -0.2) is 47.5 Å². The van der Waals surface area contributed by atoms with Gasteiger partial charge in [0.15, 0.2) is 5.69 Å². The maximum atomic E-state index is 11.6. The lowest BCUT2D eigenvalue weighted by molar-refractivity contribution is -0.139. The highest BCUT2D eigenvalue weighted by Crippen LogP contribution is 2.08. The highest BCUT2D eigenvalue weighted by Gasteiger charge is 2.27. The first kappa shape index (κ1) is 17.3. The Kier molecular flexibility index (Phi) is 6.48. The fourth-order valence-corrected chi connectivity index (χ4v) is 2.25. The van der Waals surface area contributed by atoms with Crippen molar-refractivity contribution >= 4 is 19.8 Å². The number of carbonyl (C=O) groups is 1. The van der Waals surface area contributed by atoms with Crippen molar-refractivity contribution in [3.05, 3.63) is 23.5 Å². The zero-order valence-electron chi connectivity index (χ0n) is 13.0. The third kappa shape index (κ3) is 6.03. The summed E-state index contributed by atoms with van der Waals surface area (Å²) in [5.74, 6) is -0.704. The summed E-state index contributed by atoms with van der Waals surface area (Å²) in [6, 6.07) is 2.65. The number of esters is 1. The Balaban J connectivity index is 2.56. The number of nitrogens with zero attached hydrogens (tertiary/aromatic N) is 4. The van der Waals surface area contributed by atoms with Crippen molar-refractivity contribution in [1.29, 1.82) is 0 Å². The van der Waals surface area contributed by atoms with Gasteiger partial charge in [0, 0.05) is 20.9 Å². The molecular formula is C13H22N4O3Si. The minimum absolute atomic E-state index is 0.207. The molecule has 0 atom stereocenters. The van der Waals surface area contributed by atoms with Crippen LogP contribution in [-0.2, 0) is 21.0 Å². The van der Waals surface area contributed by atoms with E-state index in [0.29, 0.717) is 13.3 Å². The Morgan fingerprint density at radius 2 is 2.19 bits per heavy atom. The average Bonchev–Trinajstić information content (AvgIpc) is 2.83. The Labute approximate surface area is 125 Å². The van der Waals surface area contributed by atoms with Gasteiger partial charge in [-0.25, -0.2) is 9.48 Å². The van der Waals surface area contributed by atoms with Crippen LogP contribution in [0.3, 0.4) is 0 Å². The number of ether oxygens (including phenoxy) is 2. The normalized spacial score (nSPS) is 11.0. The summed E-state index contributed by atoms with van der Waals surface area (Å²) in [5.41, 5.74) is 8.94. The molecule has 0 radical (unpaired) electrons. The molecular weight excluding hydrogens is 288 g/mol. The maximum Gasteiger partial charge on any atom is 0.426 e. The van der Waals surface area contributed by atoms with Crippen molar-refractivity contribution in [2.75, 3.05) is 13.2 Å². The zero-order valence-corrected chi connectivity index (χ0v) is 14.0. The van der Waals surface area contributed by atoms with Crippen LogP contribution in [0.2, 0.25) is 25.7 Å². The molecule has 21 heavy (non-hydrogen) atoms. The van der Waals surface area contributed by atoms with Crippen LogP contribution in [0.25, 0.3) is 5.53 Å². The first-order chi connectivity index (χ1) is 9.87. The third-order valence-corrected chi connectivity index (χ3v) is 4.38. The summed E-state index contributed by atoms with van der Waals surface area (Å²) in [4.78, 5) is 14.5. The van der Waals surface area contributed by atoms with Gasteiger partial charge in [-0.15, -0.1) is 0 Å². The molecule has 0 N–H and O–H groups in total. The second-order valence-corrected chi connectivity index (χ2v) is 11.4. The molecule has 1 rings (SSSR count). The van der Waals surface area contributed by atoms with E-state index in [1.165, 1.54) is 0 Å². The molecule has 0 aliphatic carbocycles. The molecule has 0 unspecified atom stereocenters. The summed E-state index contributed by atoms with van der Waals surface area (Å²) < 4.78 is 11.9. The van der Waals surface area contributed by atoms with Gasteiger partial charge in [-0.3, -0.25) is 0 Å². The summed E-state index contributed by atoms with van der Waals surface area (Å²) >= 11 is 0. The summed E-state index contributed by atoms with van der Waals surface area (Å²) in [6.07, 6.45) is 1.66. The lowest BCUT2D eigenvalue weighted by Crippen LogP contribution is -2.22. The predicted octanol–water partition coefficient (Wildman–Crippen LogP) is 1.78. The number of carbonyl (C=O) groups excluding carboxylic acids is 1. The molecule has 0 aliphatic heterocycles. The van der Waals surface area contributed by atoms with Crippen LogP contribution >= 0.6 is 0 Å². The number of rotatable bonds is 8. The van der Waals surface area contributed by atoms with Crippen LogP contribution in [0.4, 0.5) is 0 Å². The first-order valence-electron chi connectivity index (χ1n) is 6.88. The van der Waals surface area contributed by atoms with Crippen LogP contribution in [0, 0.1) is 0 Å². The Morgan fingerprint density at radius 1 is 1.48 bits per heavy atom. The van der Waals surface area contributed by atoms with E-state index in [2.05, 4.69) is 29.5 Å². The van der Waals surface area contributed by atoms with Gasteiger partial charge in [0.2, 0.25) is 0 Å². The molecule has 1 heterocycles. The fraction of sp³-hybridized carbons (Fsp3) is 0.615. The van der Waals surface area contributed by atoms with Gasteiger partial charge in [-0.2, -0.15) is 9.89 Å². The van der Waals surface area contributed by atoms with Crippen LogP contribution in [0.5, 0.6) is 0 Å². The highest BCUT2D eigenvalue weighted by molar-refractivity contribution is 6.76. The number of hydrogen-bond acceptors (Lipinski definition) is 4. The van der Waals surface area contributed by atoms with Crippen LogP contribution in [0.15, 0.2) is 12.3 Å². The predicted molar refractivity (Wildman–Crippen MR) is 80.7 cm³/mol. The van der Waals surface area contributed by atoms with E-state index in [-0.39, 0.29) is 18.0 Å². The molecule has 7 nitrogen and oxygen atoms in total. The van der Waals surface area contributed by atoms with E-state index in [9.17, 15) is 4.79 Å². The summed E-state index contributed by atoms with van der Waals surface area (Å²) in [7, 11) is -1.11. The van der Waals surface area contributed by atoms with Crippen LogP contribution in [0.1, 0.15) is 12.6 Å². The lowest BCUT2D eigenvalue weighted by atomic mass is 10.3. The molecule has 0 fully saturated rings. The van der Waals surface area contributed by atoms with E-state index < -0.39 is 14.0 Å². The van der Waals surface area contributed by atoms with Crippen molar-refractivity contribution in [2.24, 2.45) is 0 Å². The van der Waals surface area contributed by atoms with Crippen LogP contribution < -0.4 is 0 Å². The molecule has 0 saturated heterocycles. The quantitative estimate of drug-likeness (QED) is 0.183. The maximum absolute atomic E-state index is 11.6. The zero-order chi connectivity index (χ0) is 15.9. The fourth-order valence-electron chi connectivity index (χ4n) is 1.49. The second kappa shape index (κ2) is 7.87. The lowest BCUT2D eigenvalue weighted by Gasteiger charge is -2.15. The van der Waals surface area contributed by atoms with E-state index in [0.717, 1.165) is 6.04 Å². The Morgan fingerprint density at radius 3 is 2.76 bits per heavy atom. The molecule has 0 spiro atoms. The minimum Gasteiger partial charge on any atom is -0.457 e. The summed E-state index contributed by atoms with van der Waals surface area (Å²) in [6.45, 7) is 9.72. The molecule has 116 valence electrons.